The maximum atomic E-state index is 12.1. The first-order chi connectivity index (χ1) is 11.0. The smallest absolute Gasteiger partial charge is 0.315 e. The Morgan fingerprint density at radius 3 is 2.91 bits per heavy atom. The van der Waals surface area contributed by atoms with E-state index in [4.69, 9.17) is 4.74 Å². The third kappa shape index (κ3) is 5.78. The lowest BCUT2D eigenvalue weighted by molar-refractivity contribution is 0.0795. The van der Waals surface area contributed by atoms with E-state index in [-0.39, 0.29) is 24.5 Å². The fourth-order valence-electron chi connectivity index (χ4n) is 1.73. The van der Waals surface area contributed by atoms with Gasteiger partial charge in [0.1, 0.15) is 5.01 Å². The van der Waals surface area contributed by atoms with Gasteiger partial charge in [0.15, 0.2) is 6.61 Å². The monoisotopic (exact) mass is 342 g/mol. The highest BCUT2D eigenvalue weighted by Gasteiger charge is 2.11. The first-order valence-corrected chi connectivity index (χ1v) is 7.72. The molecule has 0 aromatic carbocycles. The van der Waals surface area contributed by atoms with E-state index >= 15 is 0 Å². The average Bonchev–Trinajstić information content (AvgIpc) is 3.06. The number of urea groups is 1. The summed E-state index contributed by atoms with van der Waals surface area (Å²) in [6, 6.07) is 2.63. The van der Waals surface area contributed by atoms with E-state index in [0.717, 1.165) is 5.01 Å². The Bertz CT molecular complexity index is 625. The van der Waals surface area contributed by atoms with E-state index in [0.29, 0.717) is 5.56 Å². The molecule has 124 valence electrons. The summed E-state index contributed by atoms with van der Waals surface area (Å²) in [5.74, 6) is 0.0983. The molecule has 2 aromatic heterocycles. The second-order valence-electron chi connectivity index (χ2n) is 4.62. The third-order valence-corrected chi connectivity index (χ3v) is 3.74. The minimum absolute atomic E-state index is 0.0983. The van der Waals surface area contributed by atoms with Crippen molar-refractivity contribution in [3.63, 3.8) is 0 Å². The zero-order valence-corrected chi connectivity index (χ0v) is 13.1. The highest BCUT2D eigenvalue weighted by Crippen LogP contribution is 2.14. The topological polar surface area (TPSA) is 76.1 Å². The molecule has 2 rings (SSSR count). The Balaban J connectivity index is 1.80. The number of nitrogens with one attached hydrogen (secondary N) is 2. The quantitative estimate of drug-likeness (QED) is 0.811. The van der Waals surface area contributed by atoms with E-state index < -0.39 is 13.0 Å². The molecule has 0 radical (unpaired) electrons. The average molecular weight is 342 g/mol. The zero-order chi connectivity index (χ0) is 16.7. The molecule has 2 N–H and O–H groups in total. The van der Waals surface area contributed by atoms with Gasteiger partial charge in [0, 0.05) is 30.4 Å². The van der Waals surface area contributed by atoms with Gasteiger partial charge in [-0.1, -0.05) is 0 Å². The Morgan fingerprint density at radius 2 is 2.22 bits per heavy atom. The van der Waals surface area contributed by atoms with Gasteiger partial charge in [-0.2, -0.15) is 0 Å². The summed E-state index contributed by atoms with van der Waals surface area (Å²) in [5.41, 5.74) is 0.696. The molecule has 0 bridgehead atoms. The number of thiazole rings is 1. The van der Waals surface area contributed by atoms with E-state index in [1.807, 2.05) is 12.3 Å². The number of aromatic nitrogens is 2. The van der Waals surface area contributed by atoms with E-state index in [1.54, 1.807) is 12.3 Å². The van der Waals surface area contributed by atoms with Crippen LogP contribution in [0.2, 0.25) is 0 Å². The van der Waals surface area contributed by atoms with Crippen LogP contribution in [-0.2, 0) is 6.54 Å². The van der Waals surface area contributed by atoms with Crippen LogP contribution in [0.5, 0.6) is 5.88 Å². The lowest BCUT2D eigenvalue weighted by atomic mass is 10.2. The Hall–Kier alpha value is -2.29. The van der Waals surface area contributed by atoms with Gasteiger partial charge in [-0.3, -0.25) is 0 Å². The number of amides is 2. The van der Waals surface area contributed by atoms with Gasteiger partial charge in [0.05, 0.1) is 6.04 Å². The van der Waals surface area contributed by atoms with Crippen molar-refractivity contribution in [2.75, 3.05) is 6.61 Å². The maximum Gasteiger partial charge on any atom is 0.315 e. The van der Waals surface area contributed by atoms with E-state index in [1.165, 1.54) is 23.6 Å². The number of pyridine rings is 1. The Morgan fingerprint density at radius 1 is 1.39 bits per heavy atom. The number of carbonyl (C=O) groups is 1. The summed E-state index contributed by atoms with van der Waals surface area (Å²) in [4.78, 5) is 19.8. The Labute approximate surface area is 135 Å². The molecule has 23 heavy (non-hydrogen) atoms. The number of ether oxygens (including phenoxy) is 1. The maximum absolute atomic E-state index is 12.1. The van der Waals surface area contributed by atoms with Crippen LogP contribution in [0.3, 0.4) is 0 Å². The zero-order valence-electron chi connectivity index (χ0n) is 12.3. The first-order valence-electron chi connectivity index (χ1n) is 6.84. The van der Waals surface area contributed by atoms with Crippen molar-refractivity contribution in [1.29, 1.82) is 0 Å². The number of hydrogen-bond acceptors (Lipinski definition) is 5. The normalized spacial score (nSPS) is 12.0. The predicted molar refractivity (Wildman–Crippen MR) is 81.6 cm³/mol. The highest BCUT2D eigenvalue weighted by atomic mass is 32.1. The molecule has 6 nitrogen and oxygen atoms in total. The summed E-state index contributed by atoms with van der Waals surface area (Å²) < 4.78 is 29.0. The lowest BCUT2D eigenvalue weighted by Crippen LogP contribution is -2.36. The molecule has 1 atom stereocenters. The van der Waals surface area contributed by atoms with Crippen molar-refractivity contribution in [3.8, 4) is 5.88 Å². The van der Waals surface area contributed by atoms with Gasteiger partial charge >= 0.3 is 6.03 Å². The molecule has 1 unspecified atom stereocenters. The number of halogens is 2. The molecule has 2 heterocycles. The minimum Gasteiger partial charge on any atom is -0.472 e. The Kier molecular flexibility index (Phi) is 6.21. The summed E-state index contributed by atoms with van der Waals surface area (Å²) >= 11 is 1.46. The van der Waals surface area contributed by atoms with Crippen molar-refractivity contribution < 1.29 is 18.3 Å². The fraction of sp³-hybridized carbons (Fsp3) is 0.357. The molecule has 0 aliphatic heterocycles. The summed E-state index contributed by atoms with van der Waals surface area (Å²) in [5, 5.41) is 8.09. The van der Waals surface area contributed by atoms with Crippen molar-refractivity contribution >= 4 is 17.4 Å². The molecule has 0 saturated heterocycles. The second-order valence-corrected chi connectivity index (χ2v) is 5.55. The van der Waals surface area contributed by atoms with Crippen molar-refractivity contribution in [3.05, 3.63) is 40.5 Å². The van der Waals surface area contributed by atoms with Gasteiger partial charge in [-0.25, -0.2) is 23.5 Å². The van der Waals surface area contributed by atoms with Gasteiger partial charge in [0.2, 0.25) is 5.88 Å². The molecule has 0 saturated carbocycles. The lowest BCUT2D eigenvalue weighted by Gasteiger charge is -2.12. The van der Waals surface area contributed by atoms with Crippen LogP contribution in [0, 0.1) is 0 Å². The number of carbonyl (C=O) groups excluding carboxylic acids is 1. The number of alkyl halides is 2. The highest BCUT2D eigenvalue weighted by molar-refractivity contribution is 7.09. The van der Waals surface area contributed by atoms with Gasteiger partial charge in [0.25, 0.3) is 6.43 Å². The van der Waals surface area contributed by atoms with Crippen molar-refractivity contribution in [2.24, 2.45) is 0 Å². The minimum atomic E-state index is -2.56. The van der Waals surface area contributed by atoms with Crippen LogP contribution in [0.15, 0.2) is 29.9 Å². The fourth-order valence-corrected chi connectivity index (χ4v) is 2.37. The molecule has 2 amide bonds. The second kappa shape index (κ2) is 8.37. The third-order valence-electron chi connectivity index (χ3n) is 2.78. The van der Waals surface area contributed by atoms with Crippen LogP contribution in [-0.4, -0.2) is 29.0 Å². The number of nitrogens with zero attached hydrogens (tertiary/aromatic N) is 2. The SMILES string of the molecule is CC(NC(=O)NCc1ccnc(OCC(F)F)c1)c1nccs1. The van der Waals surface area contributed by atoms with Crippen LogP contribution in [0.25, 0.3) is 0 Å². The van der Waals surface area contributed by atoms with E-state index in [9.17, 15) is 13.6 Å². The van der Waals surface area contributed by atoms with Crippen LogP contribution in [0.1, 0.15) is 23.5 Å². The van der Waals surface area contributed by atoms with Crippen LogP contribution >= 0.6 is 11.3 Å². The van der Waals surface area contributed by atoms with Gasteiger partial charge in [-0.15, -0.1) is 11.3 Å². The number of rotatable bonds is 7. The molecular formula is C14H16F2N4O2S. The van der Waals surface area contributed by atoms with Gasteiger partial charge < -0.3 is 15.4 Å². The molecule has 9 heteroatoms. The standard InChI is InChI=1S/C14H16F2N4O2S/c1-9(13-18-4-5-23-13)20-14(21)19-7-10-2-3-17-12(6-10)22-8-11(15)16/h2-6,9,11H,7-8H2,1H3,(H2,19,20,21). The first kappa shape index (κ1) is 17.1. The predicted octanol–water partition coefficient (Wildman–Crippen LogP) is 2.74. The van der Waals surface area contributed by atoms with Crippen molar-refractivity contribution in [1.82, 2.24) is 20.6 Å². The number of hydrogen-bond donors (Lipinski definition) is 2. The van der Waals surface area contributed by atoms with Gasteiger partial charge in [-0.05, 0) is 18.6 Å². The molecule has 2 aromatic rings. The summed E-state index contributed by atoms with van der Waals surface area (Å²) in [7, 11) is 0. The molecule has 0 fully saturated rings. The molecular weight excluding hydrogens is 326 g/mol. The van der Waals surface area contributed by atoms with Crippen LogP contribution < -0.4 is 15.4 Å². The summed E-state index contributed by atoms with van der Waals surface area (Å²) in [6.45, 7) is 1.35. The summed E-state index contributed by atoms with van der Waals surface area (Å²) in [6.07, 6.45) is 0.554. The molecule has 0 spiro atoms. The van der Waals surface area contributed by atoms with E-state index in [2.05, 4.69) is 20.6 Å². The largest absolute Gasteiger partial charge is 0.472 e. The van der Waals surface area contributed by atoms with Crippen molar-refractivity contribution in [2.45, 2.75) is 25.9 Å². The molecule has 0 aliphatic carbocycles. The molecule has 0 aliphatic rings. The van der Waals surface area contributed by atoms with Crippen LogP contribution in [0.4, 0.5) is 13.6 Å².